The summed E-state index contributed by atoms with van der Waals surface area (Å²) in [6.45, 7) is 6.21. The van der Waals surface area contributed by atoms with Crippen LogP contribution in [-0.2, 0) is 23.9 Å². The molecule has 2 aromatic rings. The summed E-state index contributed by atoms with van der Waals surface area (Å²) in [5.41, 5.74) is -5.26. The number of ether oxygens (including phenoxy) is 2. The lowest BCUT2D eigenvalue weighted by atomic mass is 9.75. The SMILES string of the molecule is COC(=O)C1=c2c(c(=O)oc3ccc([N+](=O)[O-])cc23)=C(NC(C)(C)C)C1(C(C)=O)C(=O)OC. The molecule has 0 amide bonds. The number of esters is 2. The number of Topliss-reactive ketones (excluding diaryl/α,β-unsaturated/α-hetero) is 1. The Labute approximate surface area is 186 Å². The van der Waals surface area contributed by atoms with E-state index in [1.807, 2.05) is 0 Å². The predicted octanol–water partition coefficient (Wildman–Crippen LogP) is 0.283. The summed E-state index contributed by atoms with van der Waals surface area (Å²) in [4.78, 5) is 63.3. The number of carbonyl (C=O) groups excluding carboxylic acids is 3. The van der Waals surface area contributed by atoms with Gasteiger partial charge in [-0.2, -0.15) is 0 Å². The summed E-state index contributed by atoms with van der Waals surface area (Å²) >= 11 is 0. The van der Waals surface area contributed by atoms with Gasteiger partial charge in [0.15, 0.2) is 11.2 Å². The van der Waals surface area contributed by atoms with Crippen molar-refractivity contribution < 1.29 is 33.2 Å². The van der Waals surface area contributed by atoms with Gasteiger partial charge >= 0.3 is 17.6 Å². The molecule has 0 saturated carbocycles. The van der Waals surface area contributed by atoms with Gasteiger partial charge in [-0.3, -0.25) is 19.7 Å². The van der Waals surface area contributed by atoms with Crippen LogP contribution < -0.4 is 21.4 Å². The second kappa shape index (κ2) is 7.84. The summed E-state index contributed by atoms with van der Waals surface area (Å²) in [5.74, 6) is -3.03. The Morgan fingerprint density at radius 1 is 1.12 bits per heavy atom. The lowest BCUT2D eigenvalue weighted by Gasteiger charge is -2.34. The van der Waals surface area contributed by atoms with Gasteiger partial charge in [-0.25, -0.2) is 9.59 Å². The zero-order valence-electron chi connectivity index (χ0n) is 18.9. The lowest BCUT2D eigenvalue weighted by Crippen LogP contribution is -2.51. The molecule has 1 aromatic carbocycles. The smallest absolute Gasteiger partial charge is 0.346 e. The molecule has 11 heteroatoms. The monoisotopic (exact) mass is 458 g/mol. The van der Waals surface area contributed by atoms with Crippen molar-refractivity contribution in [1.29, 1.82) is 0 Å². The third kappa shape index (κ3) is 3.45. The number of carbonyl (C=O) groups is 3. The van der Waals surface area contributed by atoms with Crippen molar-refractivity contribution in [3.63, 3.8) is 0 Å². The molecule has 0 bridgehead atoms. The van der Waals surface area contributed by atoms with E-state index in [2.05, 4.69) is 5.32 Å². The van der Waals surface area contributed by atoms with E-state index in [1.54, 1.807) is 20.8 Å². The summed E-state index contributed by atoms with van der Waals surface area (Å²) < 4.78 is 15.2. The van der Waals surface area contributed by atoms with Crippen molar-refractivity contribution in [3.8, 4) is 0 Å². The van der Waals surface area contributed by atoms with Crippen molar-refractivity contribution >= 4 is 45.6 Å². The Bertz CT molecular complexity index is 1410. The first-order valence-corrected chi connectivity index (χ1v) is 9.78. The molecular formula is C22H22N2O9. The molecule has 0 aliphatic heterocycles. The maximum Gasteiger partial charge on any atom is 0.346 e. The fourth-order valence-corrected chi connectivity index (χ4v) is 4.03. The molecule has 1 atom stereocenters. The molecule has 3 rings (SSSR count). The second-order valence-corrected chi connectivity index (χ2v) is 8.49. The third-order valence-electron chi connectivity index (χ3n) is 5.26. The number of hydrogen-bond donors (Lipinski definition) is 1. The zero-order valence-corrected chi connectivity index (χ0v) is 18.9. The van der Waals surface area contributed by atoms with Crippen LogP contribution in [0.1, 0.15) is 27.7 Å². The molecule has 174 valence electrons. The predicted molar refractivity (Wildman–Crippen MR) is 115 cm³/mol. The number of nitrogens with zero attached hydrogens (tertiary/aromatic N) is 1. The highest BCUT2D eigenvalue weighted by molar-refractivity contribution is 6.33. The van der Waals surface area contributed by atoms with Gasteiger partial charge in [0.2, 0.25) is 0 Å². The molecule has 0 saturated heterocycles. The number of ketones is 1. The number of nitrogens with one attached hydrogen (secondary N) is 1. The number of methoxy groups -OCH3 is 2. The van der Waals surface area contributed by atoms with Gasteiger partial charge < -0.3 is 19.2 Å². The summed E-state index contributed by atoms with van der Waals surface area (Å²) in [6, 6.07) is 3.43. The minimum Gasteiger partial charge on any atom is -0.468 e. The highest BCUT2D eigenvalue weighted by atomic mass is 16.6. The molecule has 0 radical (unpaired) electrons. The molecule has 1 aliphatic rings. The number of nitro benzene ring substituents is 1. The van der Waals surface area contributed by atoms with Crippen molar-refractivity contribution in [1.82, 2.24) is 5.32 Å². The average molecular weight is 458 g/mol. The fraction of sp³-hybridized carbons (Fsp3) is 0.364. The van der Waals surface area contributed by atoms with Gasteiger partial charge in [-0.05, 0) is 33.8 Å². The van der Waals surface area contributed by atoms with Crippen molar-refractivity contribution in [2.45, 2.75) is 33.2 Å². The van der Waals surface area contributed by atoms with Gasteiger partial charge in [-0.15, -0.1) is 0 Å². The van der Waals surface area contributed by atoms with E-state index in [1.165, 1.54) is 6.07 Å². The van der Waals surface area contributed by atoms with Crippen LogP contribution in [0.3, 0.4) is 0 Å². The normalized spacial score (nSPS) is 17.5. The van der Waals surface area contributed by atoms with Crippen LogP contribution in [0.15, 0.2) is 27.4 Å². The lowest BCUT2D eigenvalue weighted by molar-refractivity contribution is -0.384. The highest BCUT2D eigenvalue weighted by Gasteiger charge is 2.59. The van der Waals surface area contributed by atoms with Crippen LogP contribution >= 0.6 is 0 Å². The van der Waals surface area contributed by atoms with Crippen molar-refractivity contribution in [2.75, 3.05) is 14.2 Å². The van der Waals surface area contributed by atoms with Crippen LogP contribution in [0.25, 0.3) is 22.2 Å². The quantitative estimate of drug-likeness (QED) is 0.217. The van der Waals surface area contributed by atoms with E-state index in [0.29, 0.717) is 0 Å². The van der Waals surface area contributed by atoms with Crippen LogP contribution in [0.4, 0.5) is 5.69 Å². The fourth-order valence-electron chi connectivity index (χ4n) is 4.03. The first kappa shape index (κ1) is 23.6. The minimum atomic E-state index is -2.38. The minimum absolute atomic E-state index is 0.0144. The Morgan fingerprint density at radius 3 is 2.24 bits per heavy atom. The molecule has 0 spiro atoms. The Morgan fingerprint density at radius 2 is 1.76 bits per heavy atom. The molecule has 1 aliphatic carbocycles. The maximum absolute atomic E-state index is 13.2. The van der Waals surface area contributed by atoms with Crippen LogP contribution in [-0.4, -0.2) is 42.4 Å². The average Bonchev–Trinajstić information content (AvgIpc) is 3.03. The molecule has 11 nitrogen and oxygen atoms in total. The summed E-state index contributed by atoms with van der Waals surface area (Å²) in [7, 11) is 2.08. The number of fused-ring (bicyclic) bond motifs is 3. The summed E-state index contributed by atoms with van der Waals surface area (Å²) in [6.07, 6.45) is 0. The third-order valence-corrected chi connectivity index (χ3v) is 5.26. The highest BCUT2D eigenvalue weighted by Crippen LogP contribution is 2.41. The zero-order chi connectivity index (χ0) is 24.9. The Hall–Kier alpha value is -4.02. The van der Waals surface area contributed by atoms with Crippen LogP contribution in [0.2, 0.25) is 0 Å². The van der Waals surface area contributed by atoms with Crippen molar-refractivity contribution in [2.24, 2.45) is 5.41 Å². The second-order valence-electron chi connectivity index (χ2n) is 8.49. The molecular weight excluding hydrogens is 436 g/mol. The number of rotatable bonds is 5. The van der Waals surface area contributed by atoms with Crippen LogP contribution in [0.5, 0.6) is 0 Å². The molecule has 1 aromatic heterocycles. The van der Waals surface area contributed by atoms with Gasteiger partial charge in [0.05, 0.1) is 35.6 Å². The van der Waals surface area contributed by atoms with Crippen molar-refractivity contribution in [3.05, 3.63) is 49.2 Å². The first-order chi connectivity index (χ1) is 15.3. The Balaban J connectivity index is 2.81. The molecule has 33 heavy (non-hydrogen) atoms. The van der Waals surface area contributed by atoms with Gasteiger partial charge in [0.1, 0.15) is 5.58 Å². The largest absolute Gasteiger partial charge is 0.468 e. The van der Waals surface area contributed by atoms with E-state index in [9.17, 15) is 29.3 Å². The van der Waals surface area contributed by atoms with E-state index in [0.717, 1.165) is 33.3 Å². The molecule has 1 heterocycles. The van der Waals surface area contributed by atoms with E-state index in [4.69, 9.17) is 13.9 Å². The molecule has 1 unspecified atom stereocenters. The van der Waals surface area contributed by atoms with Gasteiger partial charge in [0, 0.05) is 28.3 Å². The Kier molecular flexibility index (Phi) is 5.61. The number of hydrogen-bond acceptors (Lipinski definition) is 10. The molecule has 0 fully saturated rings. The molecule has 1 N–H and O–H groups in total. The topological polar surface area (TPSA) is 155 Å². The van der Waals surface area contributed by atoms with E-state index < -0.39 is 44.8 Å². The van der Waals surface area contributed by atoms with Crippen LogP contribution in [0, 0.1) is 15.5 Å². The number of non-ortho nitro benzene ring substituents is 1. The van der Waals surface area contributed by atoms with E-state index in [-0.39, 0.29) is 32.8 Å². The first-order valence-electron chi connectivity index (χ1n) is 9.78. The number of benzene rings is 1. The van der Waals surface area contributed by atoms with Gasteiger partial charge in [0.25, 0.3) is 5.69 Å². The summed E-state index contributed by atoms with van der Waals surface area (Å²) in [5, 5.41) is 13.9. The van der Waals surface area contributed by atoms with E-state index >= 15 is 0 Å². The standard InChI is InChI=1S/C22H22N2O9/c1-10(25)22(20(28)32-6)16(19(27)31-5)14-12-9-11(24(29)30)7-8-13(12)33-18(26)15(14)17(22)23-21(2,3)4/h7-9,23H,1-6H3. The maximum atomic E-state index is 13.2. The number of nitro groups is 1. The van der Waals surface area contributed by atoms with Gasteiger partial charge in [-0.1, -0.05) is 0 Å².